The van der Waals surface area contributed by atoms with Crippen LogP contribution in [-0.4, -0.2) is 48.1 Å². The molecule has 0 atom stereocenters. The summed E-state index contributed by atoms with van der Waals surface area (Å²) in [6.45, 7) is 8.84. The molecular weight excluding hydrogens is 226 g/mol. The Morgan fingerprint density at radius 2 is 1.83 bits per heavy atom. The van der Waals surface area contributed by atoms with E-state index < -0.39 is 0 Å². The van der Waals surface area contributed by atoms with Gasteiger partial charge in [-0.1, -0.05) is 13.8 Å². The van der Waals surface area contributed by atoms with Gasteiger partial charge in [-0.3, -0.25) is 0 Å². The van der Waals surface area contributed by atoms with Gasteiger partial charge in [0.05, 0.1) is 0 Å². The van der Waals surface area contributed by atoms with Crippen molar-refractivity contribution in [1.82, 2.24) is 14.9 Å². The number of aromatic nitrogens is 2. The van der Waals surface area contributed by atoms with Gasteiger partial charge in [-0.05, 0) is 32.5 Å². The topological polar surface area (TPSA) is 53.1 Å². The van der Waals surface area contributed by atoms with E-state index in [1.54, 1.807) is 6.33 Å². The summed E-state index contributed by atoms with van der Waals surface area (Å²) in [6.07, 6.45) is 3.96. The van der Waals surface area contributed by atoms with Gasteiger partial charge < -0.3 is 15.5 Å². The molecule has 1 aromatic rings. The maximum atomic E-state index is 4.18. The van der Waals surface area contributed by atoms with Crippen molar-refractivity contribution < 1.29 is 0 Å². The zero-order valence-corrected chi connectivity index (χ0v) is 11.7. The minimum Gasteiger partial charge on any atom is -0.373 e. The van der Waals surface area contributed by atoms with E-state index >= 15 is 0 Å². The maximum Gasteiger partial charge on any atom is 0.131 e. The van der Waals surface area contributed by atoms with Crippen LogP contribution in [0.3, 0.4) is 0 Å². The largest absolute Gasteiger partial charge is 0.373 e. The minimum atomic E-state index is 0.843. The number of nitrogens with one attached hydrogen (secondary N) is 2. The molecule has 0 aliphatic heterocycles. The van der Waals surface area contributed by atoms with Crippen LogP contribution in [0.15, 0.2) is 12.4 Å². The standard InChI is InChI=1S/C13H25N5/c1-4-18(5-2)9-7-6-8-15-13-10-12(14-3)16-11-17-13/h10-11H,4-9H2,1-3H3,(H2,14,15,16,17). The molecule has 0 bridgehead atoms. The fraction of sp³-hybridized carbons (Fsp3) is 0.692. The van der Waals surface area contributed by atoms with Gasteiger partial charge in [0.25, 0.3) is 0 Å². The summed E-state index contributed by atoms with van der Waals surface area (Å²) in [5, 5.41) is 6.32. The van der Waals surface area contributed by atoms with Crippen LogP contribution in [0.4, 0.5) is 11.6 Å². The lowest BCUT2D eigenvalue weighted by atomic mass is 10.3. The molecule has 18 heavy (non-hydrogen) atoms. The predicted molar refractivity (Wildman–Crippen MR) is 77.1 cm³/mol. The third-order valence-corrected chi connectivity index (χ3v) is 3.02. The van der Waals surface area contributed by atoms with Crippen LogP contribution in [0.5, 0.6) is 0 Å². The molecule has 0 unspecified atom stereocenters. The van der Waals surface area contributed by atoms with E-state index in [1.807, 2.05) is 13.1 Å². The van der Waals surface area contributed by atoms with E-state index in [-0.39, 0.29) is 0 Å². The highest BCUT2D eigenvalue weighted by molar-refractivity contribution is 5.45. The molecule has 5 heteroatoms. The lowest BCUT2D eigenvalue weighted by Gasteiger charge is -2.17. The van der Waals surface area contributed by atoms with Crippen molar-refractivity contribution in [1.29, 1.82) is 0 Å². The second-order valence-electron chi connectivity index (χ2n) is 4.20. The van der Waals surface area contributed by atoms with E-state index in [9.17, 15) is 0 Å². The number of rotatable bonds is 9. The van der Waals surface area contributed by atoms with Crippen LogP contribution in [0.1, 0.15) is 26.7 Å². The Balaban J connectivity index is 2.17. The number of nitrogens with zero attached hydrogens (tertiary/aromatic N) is 3. The van der Waals surface area contributed by atoms with Crippen molar-refractivity contribution in [3.63, 3.8) is 0 Å². The molecule has 0 fully saturated rings. The number of hydrogen-bond donors (Lipinski definition) is 2. The van der Waals surface area contributed by atoms with E-state index in [0.717, 1.165) is 37.7 Å². The third kappa shape index (κ3) is 5.31. The van der Waals surface area contributed by atoms with Crippen LogP contribution in [0.2, 0.25) is 0 Å². The van der Waals surface area contributed by atoms with Crippen molar-refractivity contribution in [2.75, 3.05) is 43.9 Å². The number of hydrogen-bond acceptors (Lipinski definition) is 5. The number of anilines is 2. The first-order chi connectivity index (χ1) is 8.80. The summed E-state index contributed by atoms with van der Waals surface area (Å²) in [5.74, 6) is 1.73. The average molecular weight is 251 g/mol. The first kappa shape index (κ1) is 14.7. The van der Waals surface area contributed by atoms with Gasteiger partial charge in [0.1, 0.15) is 18.0 Å². The lowest BCUT2D eigenvalue weighted by molar-refractivity contribution is 0.298. The van der Waals surface area contributed by atoms with Crippen molar-refractivity contribution in [2.45, 2.75) is 26.7 Å². The first-order valence-corrected chi connectivity index (χ1v) is 6.76. The molecule has 0 aliphatic rings. The highest BCUT2D eigenvalue weighted by Crippen LogP contribution is 2.07. The van der Waals surface area contributed by atoms with Gasteiger partial charge >= 0.3 is 0 Å². The van der Waals surface area contributed by atoms with Crippen molar-refractivity contribution in [2.24, 2.45) is 0 Å². The molecule has 0 aliphatic carbocycles. The molecule has 0 spiro atoms. The Hall–Kier alpha value is -1.36. The summed E-state index contributed by atoms with van der Waals surface area (Å²) >= 11 is 0. The average Bonchev–Trinajstić information content (AvgIpc) is 2.43. The normalized spacial score (nSPS) is 10.7. The quantitative estimate of drug-likeness (QED) is 0.658. The summed E-state index contributed by atoms with van der Waals surface area (Å²) < 4.78 is 0. The molecule has 1 heterocycles. The third-order valence-electron chi connectivity index (χ3n) is 3.02. The van der Waals surface area contributed by atoms with E-state index in [0.29, 0.717) is 0 Å². The molecule has 0 amide bonds. The molecule has 0 saturated carbocycles. The van der Waals surface area contributed by atoms with Gasteiger partial charge in [0, 0.05) is 19.7 Å². The van der Waals surface area contributed by atoms with Crippen LogP contribution < -0.4 is 10.6 Å². The fourth-order valence-corrected chi connectivity index (χ4v) is 1.81. The van der Waals surface area contributed by atoms with Crippen molar-refractivity contribution in [3.05, 3.63) is 12.4 Å². The van der Waals surface area contributed by atoms with Crippen molar-refractivity contribution in [3.8, 4) is 0 Å². The zero-order chi connectivity index (χ0) is 13.2. The molecule has 0 aromatic carbocycles. The lowest BCUT2D eigenvalue weighted by Crippen LogP contribution is -2.24. The molecule has 2 N–H and O–H groups in total. The molecule has 1 aromatic heterocycles. The monoisotopic (exact) mass is 251 g/mol. The van der Waals surface area contributed by atoms with Crippen LogP contribution >= 0.6 is 0 Å². The van der Waals surface area contributed by atoms with Crippen LogP contribution in [0.25, 0.3) is 0 Å². The summed E-state index contributed by atoms with van der Waals surface area (Å²) in [6, 6.07) is 1.92. The van der Waals surface area contributed by atoms with Crippen LogP contribution in [0, 0.1) is 0 Å². The van der Waals surface area contributed by atoms with Gasteiger partial charge in [0.15, 0.2) is 0 Å². The summed E-state index contributed by atoms with van der Waals surface area (Å²) in [5.41, 5.74) is 0. The predicted octanol–water partition coefficient (Wildman–Crippen LogP) is 2.05. The Morgan fingerprint density at radius 3 is 2.50 bits per heavy atom. The second-order valence-corrected chi connectivity index (χ2v) is 4.20. The Morgan fingerprint density at radius 1 is 1.11 bits per heavy atom. The molecule has 0 radical (unpaired) electrons. The van der Waals surface area contributed by atoms with E-state index in [1.165, 1.54) is 13.0 Å². The highest BCUT2D eigenvalue weighted by Gasteiger charge is 1.99. The summed E-state index contributed by atoms with van der Waals surface area (Å²) in [4.78, 5) is 10.7. The summed E-state index contributed by atoms with van der Waals surface area (Å²) in [7, 11) is 1.86. The minimum absolute atomic E-state index is 0.843. The Kier molecular flexibility index (Phi) is 7.10. The molecule has 102 valence electrons. The second kappa shape index (κ2) is 8.69. The smallest absolute Gasteiger partial charge is 0.131 e. The van der Waals surface area contributed by atoms with E-state index in [2.05, 4.69) is 39.3 Å². The highest BCUT2D eigenvalue weighted by atomic mass is 15.1. The SMILES string of the molecule is CCN(CC)CCCCNc1cc(NC)ncn1. The van der Waals surface area contributed by atoms with Gasteiger partial charge in [-0.2, -0.15) is 0 Å². The van der Waals surface area contributed by atoms with Gasteiger partial charge in [0.2, 0.25) is 0 Å². The number of unbranched alkanes of at least 4 members (excludes halogenated alkanes) is 1. The molecule has 0 saturated heterocycles. The van der Waals surface area contributed by atoms with Crippen molar-refractivity contribution >= 4 is 11.6 Å². The fourth-order valence-electron chi connectivity index (χ4n) is 1.81. The zero-order valence-electron chi connectivity index (χ0n) is 11.7. The molecule has 1 rings (SSSR count). The van der Waals surface area contributed by atoms with Crippen LogP contribution in [-0.2, 0) is 0 Å². The Labute approximate surface area is 110 Å². The maximum absolute atomic E-state index is 4.18. The Bertz CT molecular complexity index is 325. The molecular formula is C13H25N5. The molecule has 5 nitrogen and oxygen atoms in total. The van der Waals surface area contributed by atoms with Gasteiger partial charge in [-0.15, -0.1) is 0 Å². The van der Waals surface area contributed by atoms with Gasteiger partial charge in [-0.25, -0.2) is 9.97 Å². The van der Waals surface area contributed by atoms with E-state index in [4.69, 9.17) is 0 Å². The first-order valence-electron chi connectivity index (χ1n) is 6.76.